The molecule has 0 saturated carbocycles. The number of nitrogens with one attached hydrogen (secondary N) is 3. The number of halogens is 2. The molecular formula is C18H24Cl2N4O4. The Balaban J connectivity index is 2.32. The summed E-state index contributed by atoms with van der Waals surface area (Å²) in [6, 6.07) is 4.30. The lowest BCUT2D eigenvalue weighted by Gasteiger charge is -2.14. The molecule has 0 aromatic heterocycles. The van der Waals surface area contributed by atoms with Gasteiger partial charge in [-0.15, -0.1) is 0 Å². The zero-order valence-electron chi connectivity index (χ0n) is 15.7. The third-order valence-electron chi connectivity index (χ3n) is 3.78. The molecule has 0 heterocycles. The second-order valence-electron chi connectivity index (χ2n) is 6.40. The first-order chi connectivity index (χ1) is 13.1. The Morgan fingerprint density at radius 2 is 1.79 bits per heavy atom. The van der Waals surface area contributed by atoms with Gasteiger partial charge < -0.3 is 10.5 Å². The molecule has 0 aliphatic rings. The quantitative estimate of drug-likeness (QED) is 0.285. The summed E-state index contributed by atoms with van der Waals surface area (Å²) < 4.78 is 4.86. The van der Waals surface area contributed by atoms with Crippen molar-refractivity contribution in [2.24, 2.45) is 11.7 Å². The fourth-order valence-corrected chi connectivity index (χ4v) is 2.70. The summed E-state index contributed by atoms with van der Waals surface area (Å²) in [5.41, 5.74) is 6.15. The van der Waals surface area contributed by atoms with E-state index in [1.54, 1.807) is 18.2 Å². The highest BCUT2D eigenvalue weighted by Gasteiger charge is 2.17. The smallest absolute Gasteiger partial charge is 0.413 e. The first-order valence-electron chi connectivity index (χ1n) is 8.65. The van der Waals surface area contributed by atoms with E-state index >= 15 is 0 Å². The molecule has 5 N–H and O–H groups in total. The van der Waals surface area contributed by atoms with E-state index in [1.165, 1.54) is 0 Å². The van der Waals surface area contributed by atoms with Crippen LogP contribution in [0.2, 0.25) is 10.0 Å². The van der Waals surface area contributed by atoms with E-state index in [0.717, 1.165) is 0 Å². The fraction of sp³-hybridized carbons (Fsp3) is 0.444. The number of ketones is 1. The normalized spacial score (nSPS) is 11.6. The molecule has 0 radical (unpaired) electrons. The summed E-state index contributed by atoms with van der Waals surface area (Å²) >= 11 is 12.0. The number of carbonyl (C=O) groups is 3. The maximum absolute atomic E-state index is 12.0. The van der Waals surface area contributed by atoms with Gasteiger partial charge in [-0.3, -0.25) is 25.6 Å². The highest BCUT2D eigenvalue weighted by atomic mass is 35.5. The minimum Gasteiger partial charge on any atom is -0.449 e. The van der Waals surface area contributed by atoms with Crippen LogP contribution in [0.5, 0.6) is 0 Å². The largest absolute Gasteiger partial charge is 0.449 e. The van der Waals surface area contributed by atoms with Gasteiger partial charge in [0.25, 0.3) is 0 Å². The van der Waals surface area contributed by atoms with Crippen molar-refractivity contribution in [1.82, 2.24) is 10.6 Å². The van der Waals surface area contributed by atoms with Crippen LogP contribution in [0.1, 0.15) is 32.3 Å². The van der Waals surface area contributed by atoms with Crippen molar-refractivity contribution in [1.29, 1.82) is 5.41 Å². The number of hydrogen-bond donors (Lipinski definition) is 4. The Kier molecular flexibility index (Phi) is 9.92. The lowest BCUT2D eigenvalue weighted by Crippen LogP contribution is -2.44. The molecule has 1 aromatic rings. The number of rotatable bonds is 8. The molecule has 0 aliphatic heterocycles. The van der Waals surface area contributed by atoms with Gasteiger partial charge in [0.05, 0.1) is 19.1 Å². The van der Waals surface area contributed by atoms with Crippen LogP contribution >= 0.6 is 23.2 Å². The van der Waals surface area contributed by atoms with Crippen molar-refractivity contribution in [3.63, 3.8) is 0 Å². The van der Waals surface area contributed by atoms with Crippen molar-refractivity contribution in [2.45, 2.75) is 39.2 Å². The van der Waals surface area contributed by atoms with Crippen LogP contribution in [-0.2, 0) is 20.7 Å². The van der Waals surface area contributed by atoms with Gasteiger partial charge in [0.15, 0.2) is 0 Å². The Bertz CT molecular complexity index is 720. The van der Waals surface area contributed by atoms with Crippen molar-refractivity contribution >= 4 is 46.9 Å². The first kappa shape index (κ1) is 23.9. The van der Waals surface area contributed by atoms with Gasteiger partial charge >= 0.3 is 6.09 Å². The van der Waals surface area contributed by atoms with E-state index in [0.29, 0.717) is 22.0 Å². The van der Waals surface area contributed by atoms with Crippen molar-refractivity contribution < 1.29 is 19.1 Å². The van der Waals surface area contributed by atoms with Gasteiger partial charge in [-0.1, -0.05) is 43.1 Å². The third kappa shape index (κ3) is 8.24. The molecule has 0 bridgehead atoms. The monoisotopic (exact) mass is 430 g/mol. The molecule has 0 unspecified atom stereocenters. The highest BCUT2D eigenvalue weighted by Crippen LogP contribution is 2.24. The zero-order chi connectivity index (χ0) is 21.3. The van der Waals surface area contributed by atoms with Crippen molar-refractivity contribution in [2.75, 3.05) is 6.61 Å². The fourth-order valence-electron chi connectivity index (χ4n) is 2.16. The van der Waals surface area contributed by atoms with E-state index < -0.39 is 24.0 Å². The number of Topliss-reactive ketones (excluding diaryl/α,β-unsaturated/α-hetero) is 1. The van der Waals surface area contributed by atoms with Crippen LogP contribution < -0.4 is 16.4 Å². The molecule has 154 valence electrons. The van der Waals surface area contributed by atoms with Gasteiger partial charge in [0.1, 0.15) is 5.78 Å². The number of amides is 2. The molecule has 0 aliphatic carbocycles. The van der Waals surface area contributed by atoms with E-state index in [4.69, 9.17) is 39.1 Å². The number of benzene rings is 1. The molecule has 28 heavy (non-hydrogen) atoms. The number of hydrogen-bond acceptors (Lipinski definition) is 6. The standard InChI is InChI=1S/C18H24Cl2N4O4/c1-10(2)16(21)14(25)7-4-8-28-18(27)24-17(22)23-15(26)9-11-12(19)5-3-6-13(11)20/h3,5-6,10,16H,4,7-9,21H2,1-2H3,(H3,22,23,24,26,27)/t16-/m1/s1. The van der Waals surface area contributed by atoms with Gasteiger partial charge in [0.2, 0.25) is 11.9 Å². The Hall–Kier alpha value is -2.16. The first-order valence-corrected chi connectivity index (χ1v) is 9.40. The Morgan fingerprint density at radius 1 is 1.18 bits per heavy atom. The molecule has 0 spiro atoms. The molecular weight excluding hydrogens is 407 g/mol. The molecule has 1 atom stereocenters. The molecule has 10 heteroatoms. The predicted octanol–water partition coefficient (Wildman–Crippen LogP) is 2.65. The third-order valence-corrected chi connectivity index (χ3v) is 4.49. The second-order valence-corrected chi connectivity index (χ2v) is 7.22. The number of alkyl carbamates (subject to hydrolysis) is 1. The second kappa shape index (κ2) is 11.6. The summed E-state index contributed by atoms with van der Waals surface area (Å²) in [6.45, 7) is 3.69. The summed E-state index contributed by atoms with van der Waals surface area (Å²) in [5, 5.41) is 12.5. The SMILES string of the molecule is CC(C)[C@@H](N)C(=O)CCCOC(=O)NC(=N)NC(=O)Cc1c(Cl)cccc1Cl. The zero-order valence-corrected chi connectivity index (χ0v) is 17.2. The minimum absolute atomic E-state index is 0.0150. The molecule has 8 nitrogen and oxygen atoms in total. The number of carbonyl (C=O) groups excluding carboxylic acids is 3. The van der Waals surface area contributed by atoms with Crippen LogP contribution in [0.3, 0.4) is 0 Å². The average molecular weight is 431 g/mol. The van der Waals surface area contributed by atoms with E-state index in [-0.39, 0.29) is 31.1 Å². The van der Waals surface area contributed by atoms with Crippen LogP contribution in [0.15, 0.2) is 18.2 Å². The molecule has 1 aromatic carbocycles. The van der Waals surface area contributed by atoms with Gasteiger partial charge in [-0.2, -0.15) is 0 Å². The topological polar surface area (TPSA) is 134 Å². The summed E-state index contributed by atoms with van der Waals surface area (Å²) in [7, 11) is 0. The molecule has 1 rings (SSSR count). The van der Waals surface area contributed by atoms with E-state index in [9.17, 15) is 14.4 Å². The van der Waals surface area contributed by atoms with E-state index in [1.807, 2.05) is 13.8 Å². The van der Waals surface area contributed by atoms with Crippen LogP contribution in [0.25, 0.3) is 0 Å². The van der Waals surface area contributed by atoms with Crippen LogP contribution in [0.4, 0.5) is 4.79 Å². The van der Waals surface area contributed by atoms with Crippen LogP contribution in [0, 0.1) is 11.3 Å². The van der Waals surface area contributed by atoms with Crippen molar-refractivity contribution in [3.05, 3.63) is 33.8 Å². The number of ether oxygens (including phenoxy) is 1. The maximum Gasteiger partial charge on any atom is 0.413 e. The number of guanidine groups is 1. The Morgan fingerprint density at radius 3 is 2.36 bits per heavy atom. The summed E-state index contributed by atoms with van der Waals surface area (Å²) in [4.78, 5) is 35.3. The lowest BCUT2D eigenvalue weighted by molar-refractivity contribution is -0.121. The minimum atomic E-state index is -0.915. The lowest BCUT2D eigenvalue weighted by atomic mass is 9.98. The van der Waals surface area contributed by atoms with Gasteiger partial charge in [0, 0.05) is 16.5 Å². The van der Waals surface area contributed by atoms with Gasteiger partial charge in [-0.05, 0) is 30.0 Å². The maximum atomic E-state index is 12.0. The van der Waals surface area contributed by atoms with Gasteiger partial charge in [-0.25, -0.2) is 4.79 Å². The predicted molar refractivity (Wildman–Crippen MR) is 108 cm³/mol. The molecule has 0 fully saturated rings. The highest BCUT2D eigenvalue weighted by molar-refractivity contribution is 6.36. The average Bonchev–Trinajstić information content (AvgIpc) is 2.60. The van der Waals surface area contributed by atoms with Crippen molar-refractivity contribution in [3.8, 4) is 0 Å². The number of nitrogens with two attached hydrogens (primary N) is 1. The van der Waals surface area contributed by atoms with Crippen LogP contribution in [-0.4, -0.2) is 36.4 Å². The molecule has 0 saturated heterocycles. The summed E-state index contributed by atoms with van der Waals surface area (Å²) in [5.74, 6) is -1.18. The molecule has 2 amide bonds. The summed E-state index contributed by atoms with van der Waals surface area (Å²) in [6.07, 6.45) is -0.561. The van der Waals surface area contributed by atoms with E-state index in [2.05, 4.69) is 10.6 Å². The Labute approximate surface area is 173 Å².